The van der Waals surface area contributed by atoms with Crippen LogP contribution in [0.3, 0.4) is 0 Å². The van der Waals surface area contributed by atoms with Gasteiger partial charge in [0.15, 0.2) is 0 Å². The van der Waals surface area contributed by atoms with Crippen LogP contribution in [0.15, 0.2) is 18.2 Å². The van der Waals surface area contributed by atoms with E-state index in [2.05, 4.69) is 19.2 Å². The first-order valence-corrected chi connectivity index (χ1v) is 6.07. The van der Waals surface area contributed by atoms with Crippen LogP contribution in [0.4, 0.5) is 4.39 Å². The van der Waals surface area contributed by atoms with E-state index in [4.69, 9.17) is 11.6 Å². The number of nitrogens with one attached hydrogen (secondary N) is 1. The van der Waals surface area contributed by atoms with E-state index in [1.54, 1.807) is 6.07 Å². The lowest BCUT2D eigenvalue weighted by Gasteiger charge is -2.22. The molecule has 1 aromatic carbocycles. The van der Waals surface area contributed by atoms with Gasteiger partial charge in [-0.2, -0.15) is 0 Å². The summed E-state index contributed by atoms with van der Waals surface area (Å²) in [5.74, 6) is 0.260. The lowest BCUT2D eigenvalue weighted by atomic mass is 9.91. The molecule has 0 bridgehead atoms. The quantitative estimate of drug-likeness (QED) is 0.832. The molecule has 16 heavy (non-hydrogen) atoms. The highest BCUT2D eigenvalue weighted by atomic mass is 35.5. The molecule has 0 aliphatic carbocycles. The molecule has 90 valence electrons. The van der Waals surface area contributed by atoms with E-state index in [0.29, 0.717) is 17.0 Å². The van der Waals surface area contributed by atoms with Crippen LogP contribution in [-0.2, 0) is 6.42 Å². The molecular weight excluding hydrogens is 225 g/mol. The third kappa shape index (κ3) is 3.46. The molecule has 1 rings (SSSR count). The highest BCUT2D eigenvalue weighted by molar-refractivity contribution is 6.31. The van der Waals surface area contributed by atoms with Gasteiger partial charge in [-0.1, -0.05) is 24.9 Å². The normalized spacial score (nSPS) is 14.8. The molecule has 1 N–H and O–H groups in total. The molecule has 0 saturated carbocycles. The minimum atomic E-state index is -0.216. The molecule has 0 saturated heterocycles. The van der Waals surface area contributed by atoms with Gasteiger partial charge in [0.25, 0.3) is 0 Å². The van der Waals surface area contributed by atoms with E-state index in [0.717, 1.165) is 18.4 Å². The van der Waals surface area contributed by atoms with E-state index in [-0.39, 0.29) is 5.82 Å². The predicted octanol–water partition coefficient (Wildman–Crippen LogP) is 3.66. The summed E-state index contributed by atoms with van der Waals surface area (Å²) in [6, 6.07) is 4.97. The van der Waals surface area contributed by atoms with Gasteiger partial charge in [-0.05, 0) is 50.1 Å². The predicted molar refractivity (Wildman–Crippen MR) is 67.4 cm³/mol. The summed E-state index contributed by atoms with van der Waals surface area (Å²) >= 11 is 6.06. The number of hydrogen-bond donors (Lipinski definition) is 1. The van der Waals surface area contributed by atoms with E-state index in [1.807, 2.05) is 7.05 Å². The maximum absolute atomic E-state index is 13.1. The van der Waals surface area contributed by atoms with Gasteiger partial charge in [-0.25, -0.2) is 4.39 Å². The minimum Gasteiger partial charge on any atom is -0.317 e. The molecule has 0 aromatic heterocycles. The third-order valence-electron chi connectivity index (χ3n) is 3.18. The van der Waals surface area contributed by atoms with Crippen molar-refractivity contribution in [1.29, 1.82) is 0 Å². The Morgan fingerprint density at radius 2 is 2.12 bits per heavy atom. The minimum absolute atomic E-state index is 0.216. The fourth-order valence-electron chi connectivity index (χ4n) is 1.89. The van der Waals surface area contributed by atoms with E-state index in [9.17, 15) is 4.39 Å². The van der Waals surface area contributed by atoms with Crippen LogP contribution in [0, 0.1) is 11.7 Å². The van der Waals surface area contributed by atoms with Gasteiger partial charge in [-0.15, -0.1) is 0 Å². The Morgan fingerprint density at radius 1 is 1.44 bits per heavy atom. The molecular formula is C13H19ClFN. The van der Waals surface area contributed by atoms with Crippen LogP contribution in [0.25, 0.3) is 0 Å². The van der Waals surface area contributed by atoms with Crippen LogP contribution in [0.2, 0.25) is 5.02 Å². The molecule has 2 atom stereocenters. The summed E-state index contributed by atoms with van der Waals surface area (Å²) in [5, 5.41) is 3.89. The maximum Gasteiger partial charge on any atom is 0.123 e. The van der Waals surface area contributed by atoms with Crippen molar-refractivity contribution in [3.05, 3.63) is 34.6 Å². The second-order valence-electron chi connectivity index (χ2n) is 4.19. The average molecular weight is 244 g/mol. The maximum atomic E-state index is 13.1. The number of rotatable bonds is 5. The lowest BCUT2D eigenvalue weighted by Crippen LogP contribution is -2.31. The van der Waals surface area contributed by atoms with Crippen molar-refractivity contribution in [3.8, 4) is 0 Å². The Labute approximate surface area is 102 Å². The first-order valence-electron chi connectivity index (χ1n) is 5.69. The largest absolute Gasteiger partial charge is 0.317 e. The molecule has 0 aliphatic heterocycles. The van der Waals surface area contributed by atoms with Crippen molar-refractivity contribution >= 4 is 11.6 Å². The summed E-state index contributed by atoms with van der Waals surface area (Å²) in [6.45, 7) is 4.28. The van der Waals surface area contributed by atoms with E-state index < -0.39 is 0 Å². The summed E-state index contributed by atoms with van der Waals surface area (Å²) in [5.41, 5.74) is 0.899. The monoisotopic (exact) mass is 243 g/mol. The summed E-state index contributed by atoms with van der Waals surface area (Å²) < 4.78 is 13.1. The molecule has 0 aliphatic rings. The zero-order valence-corrected chi connectivity index (χ0v) is 10.8. The Balaban J connectivity index is 2.81. The standard InChI is InChI=1S/C13H19ClFN/c1-4-10(9(2)16-3)7-11-8-12(15)5-6-13(11)14/h5-6,8-10,16H,4,7H2,1-3H3. The van der Waals surface area contributed by atoms with Crippen molar-refractivity contribution in [2.45, 2.75) is 32.7 Å². The highest BCUT2D eigenvalue weighted by Crippen LogP contribution is 2.23. The average Bonchev–Trinajstić information content (AvgIpc) is 2.29. The van der Waals surface area contributed by atoms with Crippen LogP contribution in [0.1, 0.15) is 25.8 Å². The van der Waals surface area contributed by atoms with Gasteiger partial charge in [0.05, 0.1) is 0 Å². The third-order valence-corrected chi connectivity index (χ3v) is 3.55. The second kappa shape index (κ2) is 6.21. The summed E-state index contributed by atoms with van der Waals surface area (Å²) in [4.78, 5) is 0. The Bertz CT molecular complexity index is 341. The Morgan fingerprint density at radius 3 is 2.69 bits per heavy atom. The van der Waals surface area contributed by atoms with E-state index in [1.165, 1.54) is 12.1 Å². The zero-order valence-electron chi connectivity index (χ0n) is 10.1. The topological polar surface area (TPSA) is 12.0 Å². The lowest BCUT2D eigenvalue weighted by molar-refractivity contribution is 0.381. The van der Waals surface area contributed by atoms with Crippen molar-refractivity contribution < 1.29 is 4.39 Å². The van der Waals surface area contributed by atoms with Crippen LogP contribution in [0.5, 0.6) is 0 Å². The molecule has 0 radical (unpaired) electrons. The van der Waals surface area contributed by atoms with Crippen LogP contribution < -0.4 is 5.32 Å². The zero-order chi connectivity index (χ0) is 12.1. The fraction of sp³-hybridized carbons (Fsp3) is 0.538. The van der Waals surface area contributed by atoms with Gasteiger partial charge >= 0.3 is 0 Å². The number of halogens is 2. The smallest absolute Gasteiger partial charge is 0.123 e. The van der Waals surface area contributed by atoms with Crippen LogP contribution >= 0.6 is 11.6 Å². The molecule has 1 nitrogen and oxygen atoms in total. The molecule has 0 heterocycles. The van der Waals surface area contributed by atoms with Gasteiger partial charge in [-0.3, -0.25) is 0 Å². The Hall–Kier alpha value is -0.600. The van der Waals surface area contributed by atoms with Crippen molar-refractivity contribution in [3.63, 3.8) is 0 Å². The molecule has 3 heteroatoms. The van der Waals surface area contributed by atoms with Gasteiger partial charge < -0.3 is 5.32 Å². The molecule has 0 amide bonds. The molecule has 0 fully saturated rings. The summed E-state index contributed by atoms with van der Waals surface area (Å²) in [7, 11) is 1.94. The highest BCUT2D eigenvalue weighted by Gasteiger charge is 2.16. The molecule has 1 aromatic rings. The second-order valence-corrected chi connectivity index (χ2v) is 4.59. The van der Waals surface area contributed by atoms with E-state index >= 15 is 0 Å². The number of hydrogen-bond acceptors (Lipinski definition) is 1. The first-order chi connectivity index (χ1) is 7.58. The Kier molecular flexibility index (Phi) is 5.23. The van der Waals surface area contributed by atoms with Gasteiger partial charge in [0.1, 0.15) is 5.82 Å². The SMILES string of the molecule is CCC(Cc1cc(F)ccc1Cl)C(C)NC. The van der Waals surface area contributed by atoms with Crippen LogP contribution in [-0.4, -0.2) is 13.1 Å². The summed E-state index contributed by atoms with van der Waals surface area (Å²) in [6.07, 6.45) is 1.87. The van der Waals surface area contributed by atoms with Crippen molar-refractivity contribution in [2.75, 3.05) is 7.05 Å². The number of benzene rings is 1. The van der Waals surface area contributed by atoms with Gasteiger partial charge in [0, 0.05) is 11.1 Å². The first kappa shape index (κ1) is 13.5. The van der Waals surface area contributed by atoms with Gasteiger partial charge in [0.2, 0.25) is 0 Å². The van der Waals surface area contributed by atoms with Crippen molar-refractivity contribution in [1.82, 2.24) is 5.32 Å². The molecule has 2 unspecified atom stereocenters. The molecule has 0 spiro atoms. The van der Waals surface area contributed by atoms with Crippen molar-refractivity contribution in [2.24, 2.45) is 5.92 Å². The fourth-order valence-corrected chi connectivity index (χ4v) is 2.09.